The van der Waals surface area contributed by atoms with E-state index in [0.717, 1.165) is 29.9 Å². The summed E-state index contributed by atoms with van der Waals surface area (Å²) in [6.45, 7) is 1.46. The van der Waals surface area contributed by atoms with Crippen molar-refractivity contribution >= 4 is 44.7 Å². The van der Waals surface area contributed by atoms with E-state index >= 15 is 0 Å². The summed E-state index contributed by atoms with van der Waals surface area (Å²) in [4.78, 5) is 47.8. The van der Waals surface area contributed by atoms with Gasteiger partial charge in [0.25, 0.3) is 5.91 Å². The Morgan fingerprint density at radius 1 is 1.07 bits per heavy atom. The van der Waals surface area contributed by atoms with Crippen molar-refractivity contribution in [2.24, 2.45) is 0 Å². The number of imidazole rings is 1. The van der Waals surface area contributed by atoms with Gasteiger partial charge in [0.05, 0.1) is 22.3 Å². The number of aromatic nitrogens is 2. The number of anilines is 1. The summed E-state index contributed by atoms with van der Waals surface area (Å²) in [6, 6.07) is 9.88. The Bertz CT molecular complexity index is 1570. The van der Waals surface area contributed by atoms with E-state index in [4.69, 9.17) is 10.5 Å². The number of hydrogen-bond donors (Lipinski definition) is 2. The van der Waals surface area contributed by atoms with Crippen LogP contribution in [0.3, 0.4) is 0 Å². The van der Waals surface area contributed by atoms with Gasteiger partial charge in [0.1, 0.15) is 0 Å². The van der Waals surface area contributed by atoms with Crippen molar-refractivity contribution in [1.29, 1.82) is 0 Å². The number of para-hydroxylation sites is 2. The Kier molecular flexibility index (Phi) is 9.30. The number of nitrogen functional groups attached to an aromatic ring is 1. The molecule has 2 fully saturated rings. The number of carbonyl (C=O) groups excluding carboxylic acids is 2. The molecule has 2 saturated heterocycles. The van der Waals surface area contributed by atoms with Gasteiger partial charge in [0.2, 0.25) is 0 Å². The summed E-state index contributed by atoms with van der Waals surface area (Å²) in [5.74, 6) is -0.447. The Morgan fingerprint density at radius 3 is 2.34 bits per heavy atom. The smallest absolute Gasteiger partial charge is 0.418 e. The molecule has 0 radical (unpaired) electrons. The van der Waals surface area contributed by atoms with Crippen LogP contribution in [0.25, 0.3) is 11.0 Å². The molecule has 3 aromatic rings. The minimum atomic E-state index is -4.70. The van der Waals surface area contributed by atoms with Crippen LogP contribution in [-0.4, -0.2) is 88.7 Å². The molecule has 3 heterocycles. The molecule has 44 heavy (non-hydrogen) atoms. The van der Waals surface area contributed by atoms with Gasteiger partial charge in [-0.2, -0.15) is 13.2 Å². The molecule has 14 heteroatoms. The van der Waals surface area contributed by atoms with E-state index in [1.165, 1.54) is 11.0 Å². The number of likely N-dealkylation sites (tertiary alicyclic amines) is 2. The highest BCUT2D eigenvalue weighted by molar-refractivity contribution is 9.10. The molecular formula is C30H36BrF3N6O4. The van der Waals surface area contributed by atoms with Crippen molar-refractivity contribution in [2.45, 2.75) is 56.5 Å². The first-order valence-electron chi connectivity index (χ1n) is 14.6. The lowest BCUT2D eigenvalue weighted by Crippen LogP contribution is -2.50. The number of halogens is 4. The largest absolute Gasteiger partial charge is 0.436 e. The van der Waals surface area contributed by atoms with Gasteiger partial charge in [0, 0.05) is 49.2 Å². The van der Waals surface area contributed by atoms with Crippen LogP contribution in [0.4, 0.5) is 23.7 Å². The maximum absolute atomic E-state index is 13.7. The topological polar surface area (TPSA) is 117 Å². The first-order chi connectivity index (χ1) is 20.8. The molecule has 2 aliphatic heterocycles. The average molecular weight is 682 g/mol. The van der Waals surface area contributed by atoms with E-state index in [0.29, 0.717) is 32.0 Å². The van der Waals surface area contributed by atoms with E-state index in [2.05, 4.69) is 25.8 Å². The van der Waals surface area contributed by atoms with Crippen molar-refractivity contribution < 1.29 is 27.5 Å². The maximum atomic E-state index is 13.7. The summed E-state index contributed by atoms with van der Waals surface area (Å²) in [5, 5.41) is 0. The van der Waals surface area contributed by atoms with E-state index < -0.39 is 35.5 Å². The highest BCUT2D eigenvalue weighted by Crippen LogP contribution is 2.38. The molecule has 0 bridgehead atoms. The van der Waals surface area contributed by atoms with Crippen LogP contribution in [-0.2, 0) is 22.1 Å². The zero-order valence-corrected chi connectivity index (χ0v) is 26.2. The number of hydrogen-bond acceptors (Lipinski definition) is 6. The maximum Gasteiger partial charge on any atom is 0.418 e. The number of fused-ring (bicyclic) bond motifs is 1. The van der Waals surface area contributed by atoms with E-state index in [1.807, 2.05) is 38.4 Å². The van der Waals surface area contributed by atoms with E-state index in [1.54, 1.807) is 9.47 Å². The van der Waals surface area contributed by atoms with Gasteiger partial charge in [-0.1, -0.05) is 12.1 Å². The fourth-order valence-corrected chi connectivity index (χ4v) is 6.67. The second-order valence-electron chi connectivity index (χ2n) is 11.7. The number of piperidine rings is 2. The lowest BCUT2D eigenvalue weighted by Gasteiger charge is -2.37. The van der Waals surface area contributed by atoms with E-state index in [9.17, 15) is 27.6 Å². The molecular weight excluding hydrogens is 645 g/mol. The minimum absolute atomic E-state index is 0.0428. The number of carbonyl (C=O) groups is 2. The third-order valence-corrected chi connectivity index (χ3v) is 9.31. The van der Waals surface area contributed by atoms with Crippen LogP contribution in [0.15, 0.2) is 45.7 Å². The van der Waals surface area contributed by atoms with Crippen molar-refractivity contribution in [3.63, 3.8) is 0 Å². The summed E-state index contributed by atoms with van der Waals surface area (Å²) < 4.78 is 48.6. The standard InChI is InChI=1S/C30H36BrF3N6O4/c1-37(2)19-7-11-38(12-8-19)27(41)25(17-18-15-21(30(32,33)34)26(35)22(31)16-18)44-29(43)39-13-9-20(10-14-39)40-24-6-4-3-5-23(24)36-28(40)42/h3-6,15-16,19-20,25H,7-14,17,35H2,1-2H3,(H,36,42)/t25-/m1/s1. The van der Waals surface area contributed by atoms with Gasteiger partial charge in [-0.05, 0) is 85.5 Å². The number of amides is 2. The first-order valence-corrected chi connectivity index (χ1v) is 15.4. The minimum Gasteiger partial charge on any atom is -0.436 e. The fraction of sp³-hybridized carbons (Fsp3) is 0.500. The van der Waals surface area contributed by atoms with Crippen molar-refractivity contribution in [3.8, 4) is 0 Å². The molecule has 0 spiro atoms. The predicted molar refractivity (Wildman–Crippen MR) is 163 cm³/mol. The Hall–Kier alpha value is -3.52. The quantitative estimate of drug-likeness (QED) is 0.367. The predicted octanol–water partition coefficient (Wildman–Crippen LogP) is 4.63. The number of H-pyrrole nitrogens is 1. The van der Waals surface area contributed by atoms with Crippen LogP contribution in [0, 0.1) is 0 Å². The van der Waals surface area contributed by atoms with Gasteiger partial charge in [-0.3, -0.25) is 9.36 Å². The van der Waals surface area contributed by atoms with Crippen LogP contribution in [0.2, 0.25) is 0 Å². The second kappa shape index (κ2) is 12.8. The number of aromatic amines is 1. The molecule has 0 unspecified atom stereocenters. The lowest BCUT2D eigenvalue weighted by molar-refractivity contribution is -0.142. The first kappa shape index (κ1) is 31.9. The van der Waals surface area contributed by atoms with Crippen LogP contribution in [0.5, 0.6) is 0 Å². The van der Waals surface area contributed by atoms with Gasteiger partial charge in [-0.15, -0.1) is 0 Å². The summed E-state index contributed by atoms with van der Waals surface area (Å²) in [5.41, 5.74) is 5.66. The molecule has 10 nitrogen and oxygen atoms in total. The number of ether oxygens (including phenoxy) is 1. The number of nitrogens with two attached hydrogens (primary N) is 1. The number of rotatable bonds is 6. The molecule has 0 aliphatic carbocycles. The molecule has 2 aromatic carbocycles. The average Bonchev–Trinajstić information content (AvgIpc) is 3.33. The molecule has 3 N–H and O–H groups in total. The highest BCUT2D eigenvalue weighted by Gasteiger charge is 2.37. The molecule has 5 rings (SSSR count). The molecule has 238 valence electrons. The summed E-state index contributed by atoms with van der Waals surface area (Å²) >= 11 is 3.10. The normalized spacial score (nSPS) is 17.8. The summed E-state index contributed by atoms with van der Waals surface area (Å²) in [7, 11) is 3.95. The monoisotopic (exact) mass is 680 g/mol. The third-order valence-electron chi connectivity index (χ3n) is 8.65. The Balaban J connectivity index is 1.32. The summed E-state index contributed by atoms with van der Waals surface area (Å²) in [6.07, 6.45) is -4.56. The molecule has 2 aliphatic rings. The third kappa shape index (κ3) is 6.75. The molecule has 1 aromatic heterocycles. The number of alkyl halides is 3. The molecule has 1 atom stereocenters. The van der Waals surface area contributed by atoms with Gasteiger partial charge in [-0.25, -0.2) is 9.59 Å². The fourth-order valence-electron chi connectivity index (χ4n) is 6.17. The van der Waals surface area contributed by atoms with Crippen molar-refractivity contribution in [2.75, 3.05) is 46.0 Å². The van der Waals surface area contributed by atoms with Gasteiger partial charge in [0.15, 0.2) is 6.10 Å². The second-order valence-corrected chi connectivity index (χ2v) is 12.5. The van der Waals surface area contributed by atoms with Crippen LogP contribution < -0.4 is 11.4 Å². The van der Waals surface area contributed by atoms with Crippen molar-refractivity contribution in [1.82, 2.24) is 24.3 Å². The highest BCUT2D eigenvalue weighted by atomic mass is 79.9. The Labute approximate surface area is 261 Å². The van der Waals surface area contributed by atoms with Crippen molar-refractivity contribution in [3.05, 3.63) is 62.5 Å². The zero-order chi connectivity index (χ0) is 31.8. The van der Waals surface area contributed by atoms with Gasteiger partial charge < -0.3 is 30.2 Å². The van der Waals surface area contributed by atoms with Crippen LogP contribution in [0.1, 0.15) is 42.9 Å². The SMILES string of the molecule is CN(C)C1CCN(C(=O)[C@@H](Cc2cc(Br)c(N)c(C(F)(F)F)c2)OC(=O)N2CCC(n3c(=O)[nH]c4ccccc43)CC2)CC1. The van der Waals surface area contributed by atoms with Gasteiger partial charge >= 0.3 is 18.0 Å². The lowest BCUT2D eigenvalue weighted by atomic mass is 10.00. The number of nitrogens with zero attached hydrogens (tertiary/aromatic N) is 4. The number of benzene rings is 2. The van der Waals surface area contributed by atoms with E-state index in [-0.39, 0.29) is 41.3 Å². The Morgan fingerprint density at radius 2 is 1.70 bits per heavy atom. The molecule has 0 saturated carbocycles. The molecule has 2 amide bonds. The number of nitrogens with one attached hydrogen (secondary N) is 1. The zero-order valence-electron chi connectivity index (χ0n) is 24.6. The van der Waals surface area contributed by atoms with Crippen LogP contribution >= 0.6 is 15.9 Å².